The summed E-state index contributed by atoms with van der Waals surface area (Å²) in [5.41, 5.74) is 3.15. The third kappa shape index (κ3) is 2.66. The van der Waals surface area contributed by atoms with Crippen LogP contribution in [0.3, 0.4) is 0 Å². The van der Waals surface area contributed by atoms with Crippen LogP contribution < -0.4 is 4.74 Å². The van der Waals surface area contributed by atoms with Gasteiger partial charge in [-0.05, 0) is 24.1 Å². The number of hydrogen-bond acceptors (Lipinski definition) is 6. The van der Waals surface area contributed by atoms with E-state index in [1.54, 1.807) is 17.1 Å². The quantitative estimate of drug-likeness (QED) is 0.521. The molecule has 7 heteroatoms. The molecule has 0 N–H and O–H groups in total. The highest BCUT2D eigenvalue weighted by Gasteiger charge is 2.40. The number of aromatic nitrogens is 4. The maximum Gasteiger partial charge on any atom is 0.228 e. The maximum atomic E-state index is 12.9. The Hall–Kier alpha value is -3.74. The number of benzene rings is 1. The molecule has 0 spiro atoms. The van der Waals surface area contributed by atoms with E-state index in [1.165, 1.54) is 0 Å². The molecule has 0 radical (unpaired) electrons. The summed E-state index contributed by atoms with van der Waals surface area (Å²) in [5.74, 6) is 2.23. The van der Waals surface area contributed by atoms with Crippen LogP contribution in [0.25, 0.3) is 5.65 Å². The lowest BCUT2D eigenvalue weighted by molar-refractivity contribution is -0.116. The number of carbonyl (C=O) groups is 1. The van der Waals surface area contributed by atoms with Crippen molar-refractivity contribution >= 4 is 11.4 Å². The van der Waals surface area contributed by atoms with Crippen LogP contribution in [0, 0.1) is 0 Å². The summed E-state index contributed by atoms with van der Waals surface area (Å²) in [4.78, 5) is 22.2. The second-order valence-electron chi connectivity index (χ2n) is 7.59. The Morgan fingerprint density at radius 3 is 2.83 bits per heavy atom. The molecular formula is C23H18N4O3. The minimum absolute atomic E-state index is 0.0920. The van der Waals surface area contributed by atoms with E-state index in [0.717, 1.165) is 24.0 Å². The number of allylic oxidation sites excluding steroid dienone is 2. The highest BCUT2D eigenvalue weighted by Crippen LogP contribution is 2.47. The van der Waals surface area contributed by atoms with Gasteiger partial charge in [0.2, 0.25) is 5.88 Å². The Morgan fingerprint density at radius 1 is 1.10 bits per heavy atom. The molecule has 0 amide bonds. The van der Waals surface area contributed by atoms with Crippen molar-refractivity contribution in [3.63, 3.8) is 0 Å². The number of fused-ring (bicyclic) bond motifs is 3. The predicted molar refractivity (Wildman–Crippen MR) is 107 cm³/mol. The topological polar surface area (TPSA) is 82.5 Å². The molecule has 1 aliphatic heterocycles. The Bertz CT molecular complexity index is 1290. The molecule has 4 heterocycles. The zero-order chi connectivity index (χ0) is 20.1. The van der Waals surface area contributed by atoms with Crippen molar-refractivity contribution in [2.24, 2.45) is 0 Å². The first-order valence-electron chi connectivity index (χ1n) is 10.0. The highest BCUT2D eigenvalue weighted by atomic mass is 16.5. The van der Waals surface area contributed by atoms with Gasteiger partial charge in [0.05, 0.1) is 17.7 Å². The Balaban J connectivity index is 1.53. The fourth-order valence-electron chi connectivity index (χ4n) is 4.35. The van der Waals surface area contributed by atoms with Gasteiger partial charge in [0.15, 0.2) is 17.3 Å². The number of ketones is 1. The molecule has 1 atom stereocenters. The molecule has 2 aliphatic rings. The van der Waals surface area contributed by atoms with Crippen LogP contribution in [0.4, 0.5) is 0 Å². The molecule has 3 aromatic heterocycles. The number of carbonyl (C=O) groups excluding carboxylic acids is 1. The monoisotopic (exact) mass is 398 g/mol. The van der Waals surface area contributed by atoms with Gasteiger partial charge in [-0.15, -0.1) is 5.10 Å². The summed E-state index contributed by atoms with van der Waals surface area (Å²) in [6, 6.07) is 13.8. The summed E-state index contributed by atoms with van der Waals surface area (Å²) >= 11 is 0. The Labute approximate surface area is 172 Å². The summed E-state index contributed by atoms with van der Waals surface area (Å²) in [7, 11) is 0. The third-order valence-electron chi connectivity index (χ3n) is 5.67. The molecule has 4 aromatic rings. The van der Waals surface area contributed by atoms with Gasteiger partial charge in [-0.2, -0.15) is 0 Å². The van der Waals surface area contributed by atoms with Crippen molar-refractivity contribution in [1.29, 1.82) is 0 Å². The standard InChI is InChI=1S/C23H18N4O3/c28-15-8-4-9-17-19(15)20(16-10-5-11-29-16)21-22-25-18(12-14-6-2-1-3-7-14)26-27(22)13-24-23(21)30-17/h1-3,5-7,10-11,13,20H,4,8-9,12H2/t20-/m1/s1. The van der Waals surface area contributed by atoms with E-state index in [1.807, 2.05) is 42.5 Å². The molecule has 6 rings (SSSR count). The average molecular weight is 398 g/mol. The van der Waals surface area contributed by atoms with Gasteiger partial charge in [0.25, 0.3) is 0 Å². The molecule has 1 aliphatic carbocycles. The first-order valence-corrected chi connectivity index (χ1v) is 10.0. The molecule has 148 valence electrons. The lowest BCUT2D eigenvalue weighted by Crippen LogP contribution is -2.26. The van der Waals surface area contributed by atoms with E-state index in [0.29, 0.717) is 47.3 Å². The molecule has 1 aromatic carbocycles. The van der Waals surface area contributed by atoms with Gasteiger partial charge in [-0.3, -0.25) is 4.79 Å². The van der Waals surface area contributed by atoms with Crippen molar-refractivity contribution in [1.82, 2.24) is 19.6 Å². The zero-order valence-electron chi connectivity index (χ0n) is 16.1. The molecule has 30 heavy (non-hydrogen) atoms. The Kier molecular flexibility index (Phi) is 3.80. The number of ether oxygens (including phenoxy) is 1. The van der Waals surface area contributed by atoms with Crippen LogP contribution >= 0.6 is 0 Å². The summed E-state index contributed by atoms with van der Waals surface area (Å²) in [5, 5.41) is 4.61. The summed E-state index contributed by atoms with van der Waals surface area (Å²) in [6.45, 7) is 0. The van der Waals surface area contributed by atoms with E-state index < -0.39 is 5.92 Å². The van der Waals surface area contributed by atoms with Crippen LogP contribution in [-0.4, -0.2) is 25.4 Å². The van der Waals surface area contributed by atoms with Crippen molar-refractivity contribution in [2.75, 3.05) is 0 Å². The van der Waals surface area contributed by atoms with Crippen LogP contribution in [0.15, 0.2) is 70.8 Å². The van der Waals surface area contributed by atoms with E-state index in [2.05, 4.69) is 10.1 Å². The van der Waals surface area contributed by atoms with Gasteiger partial charge in [-0.1, -0.05) is 30.3 Å². The summed E-state index contributed by atoms with van der Waals surface area (Å²) < 4.78 is 13.5. The SMILES string of the molecule is O=C1CCCC2=C1[C@@H](c1ccco1)c1c(ncn3nc(Cc4ccccc4)nc13)O2. The van der Waals surface area contributed by atoms with Crippen molar-refractivity contribution in [3.05, 3.63) is 89.1 Å². The first-order chi connectivity index (χ1) is 14.8. The zero-order valence-corrected chi connectivity index (χ0v) is 16.1. The maximum absolute atomic E-state index is 12.9. The van der Waals surface area contributed by atoms with Gasteiger partial charge in [-0.25, -0.2) is 14.5 Å². The number of furan rings is 1. The van der Waals surface area contributed by atoms with Crippen molar-refractivity contribution < 1.29 is 13.9 Å². The minimum atomic E-state index is -0.392. The normalized spacial score (nSPS) is 18.3. The highest BCUT2D eigenvalue weighted by molar-refractivity contribution is 5.99. The number of rotatable bonds is 3. The third-order valence-corrected chi connectivity index (χ3v) is 5.67. The minimum Gasteiger partial charge on any atom is -0.468 e. The fraction of sp³-hybridized carbons (Fsp3) is 0.217. The van der Waals surface area contributed by atoms with E-state index in [4.69, 9.17) is 14.1 Å². The number of nitrogens with zero attached hydrogens (tertiary/aromatic N) is 4. The first kappa shape index (κ1) is 17.1. The van der Waals surface area contributed by atoms with E-state index in [-0.39, 0.29) is 5.78 Å². The Morgan fingerprint density at radius 2 is 2.00 bits per heavy atom. The average Bonchev–Trinajstić information content (AvgIpc) is 3.43. The molecular weight excluding hydrogens is 380 g/mol. The lowest BCUT2D eigenvalue weighted by Gasteiger charge is -2.30. The molecule has 0 fully saturated rings. The van der Waals surface area contributed by atoms with E-state index in [9.17, 15) is 4.79 Å². The lowest BCUT2D eigenvalue weighted by atomic mass is 9.80. The van der Waals surface area contributed by atoms with Crippen LogP contribution in [0.5, 0.6) is 5.88 Å². The second-order valence-corrected chi connectivity index (χ2v) is 7.59. The second kappa shape index (κ2) is 6.66. The molecule has 0 bridgehead atoms. The van der Waals surface area contributed by atoms with Gasteiger partial charge in [0.1, 0.15) is 17.8 Å². The summed E-state index contributed by atoms with van der Waals surface area (Å²) in [6.07, 6.45) is 5.86. The van der Waals surface area contributed by atoms with Gasteiger partial charge < -0.3 is 9.15 Å². The largest absolute Gasteiger partial charge is 0.468 e. The van der Waals surface area contributed by atoms with Crippen molar-refractivity contribution in [2.45, 2.75) is 31.6 Å². The number of Topliss-reactive ketones (excluding diaryl/α,β-unsaturated/α-hetero) is 1. The van der Waals surface area contributed by atoms with Gasteiger partial charge in [0, 0.05) is 24.8 Å². The molecule has 7 nitrogen and oxygen atoms in total. The van der Waals surface area contributed by atoms with Crippen LogP contribution in [0.2, 0.25) is 0 Å². The predicted octanol–water partition coefficient (Wildman–Crippen LogP) is 3.84. The van der Waals surface area contributed by atoms with Crippen LogP contribution in [-0.2, 0) is 11.2 Å². The van der Waals surface area contributed by atoms with Gasteiger partial charge >= 0.3 is 0 Å². The fourth-order valence-corrected chi connectivity index (χ4v) is 4.35. The smallest absolute Gasteiger partial charge is 0.228 e. The van der Waals surface area contributed by atoms with Crippen LogP contribution in [0.1, 0.15) is 47.9 Å². The molecule has 0 unspecified atom stereocenters. The molecule has 0 saturated heterocycles. The number of hydrogen-bond donors (Lipinski definition) is 0. The molecule has 0 saturated carbocycles. The van der Waals surface area contributed by atoms with E-state index >= 15 is 0 Å². The van der Waals surface area contributed by atoms with Crippen molar-refractivity contribution in [3.8, 4) is 5.88 Å².